The van der Waals surface area contributed by atoms with Gasteiger partial charge in [0.15, 0.2) is 6.10 Å². The molecule has 0 fully saturated rings. The molecule has 0 saturated carbocycles. The predicted molar refractivity (Wildman–Crippen MR) is 292 cm³/mol. The molecule has 0 radical (unpaired) electrons. The lowest BCUT2D eigenvalue weighted by molar-refractivity contribution is -0.166. The molecule has 6 heteroatoms. The van der Waals surface area contributed by atoms with Crippen LogP contribution >= 0.6 is 0 Å². The molecule has 0 aliphatic heterocycles. The average molecular weight is 933 g/mol. The van der Waals surface area contributed by atoms with E-state index in [1.165, 1.54) is 0 Å². The van der Waals surface area contributed by atoms with Gasteiger partial charge >= 0.3 is 17.9 Å². The molecule has 0 amide bonds. The molecular weight excluding hydrogens is 841 g/mol. The molecule has 0 saturated heterocycles. The molecule has 1 unspecified atom stereocenters. The Labute approximate surface area is 415 Å². The first-order valence-electron chi connectivity index (χ1n) is 26.2. The molecular formula is C62H92O6. The van der Waals surface area contributed by atoms with Crippen molar-refractivity contribution in [2.75, 3.05) is 13.2 Å². The van der Waals surface area contributed by atoms with Crippen LogP contribution in [0.5, 0.6) is 0 Å². The summed E-state index contributed by atoms with van der Waals surface area (Å²) in [7, 11) is 0. The fraction of sp³-hybridized carbons (Fsp3) is 0.500. The molecule has 376 valence electrons. The maximum Gasteiger partial charge on any atom is 0.306 e. The summed E-state index contributed by atoms with van der Waals surface area (Å²) in [5.41, 5.74) is 0. The topological polar surface area (TPSA) is 78.9 Å². The molecule has 0 aromatic heterocycles. The molecule has 0 aromatic carbocycles. The Morgan fingerprint density at radius 3 is 1.10 bits per heavy atom. The van der Waals surface area contributed by atoms with Gasteiger partial charge < -0.3 is 14.2 Å². The zero-order valence-corrected chi connectivity index (χ0v) is 42.8. The van der Waals surface area contributed by atoms with Crippen molar-refractivity contribution in [1.29, 1.82) is 0 Å². The number of rotatable bonds is 44. The molecule has 0 heterocycles. The van der Waals surface area contributed by atoms with Crippen molar-refractivity contribution < 1.29 is 28.6 Å². The smallest absolute Gasteiger partial charge is 0.306 e. The molecule has 0 N–H and O–H groups in total. The first-order valence-corrected chi connectivity index (χ1v) is 26.2. The summed E-state index contributed by atoms with van der Waals surface area (Å²) in [6.45, 7) is 6.12. The Balaban J connectivity index is 4.64. The Kier molecular flexibility index (Phi) is 50.2. The van der Waals surface area contributed by atoms with Gasteiger partial charge in [-0.3, -0.25) is 14.4 Å². The van der Waals surface area contributed by atoms with Crippen LogP contribution in [0, 0.1) is 0 Å². The number of hydrogen-bond acceptors (Lipinski definition) is 6. The third-order valence-corrected chi connectivity index (χ3v) is 10.1. The van der Waals surface area contributed by atoms with Crippen molar-refractivity contribution in [1.82, 2.24) is 0 Å². The van der Waals surface area contributed by atoms with E-state index in [-0.39, 0.29) is 44.0 Å². The maximum atomic E-state index is 12.8. The van der Waals surface area contributed by atoms with Crippen molar-refractivity contribution in [2.45, 2.75) is 187 Å². The minimum atomic E-state index is -0.845. The van der Waals surface area contributed by atoms with Crippen molar-refractivity contribution in [3.8, 4) is 0 Å². The maximum absolute atomic E-state index is 12.8. The highest BCUT2D eigenvalue weighted by Gasteiger charge is 2.19. The Hall–Kier alpha value is -5.23. The van der Waals surface area contributed by atoms with E-state index in [0.29, 0.717) is 19.3 Å². The normalized spacial score (nSPS) is 13.5. The first kappa shape index (κ1) is 62.8. The van der Waals surface area contributed by atoms with Crippen molar-refractivity contribution in [2.24, 2.45) is 0 Å². The third-order valence-electron chi connectivity index (χ3n) is 10.1. The number of allylic oxidation sites excluding steroid dienone is 28. The van der Waals surface area contributed by atoms with E-state index >= 15 is 0 Å². The summed E-state index contributed by atoms with van der Waals surface area (Å²) in [4.78, 5) is 38.0. The van der Waals surface area contributed by atoms with Gasteiger partial charge in [-0.1, -0.05) is 217 Å². The van der Waals surface area contributed by atoms with Gasteiger partial charge in [0.2, 0.25) is 0 Å². The number of esters is 3. The standard InChI is InChI=1S/C62H92O6/c1-4-7-10-13-16-19-22-25-28-30-31-32-35-37-40-43-46-49-52-55-61(64)67-58-59(57-66-60(63)54-51-48-45-42-39-36-33-27-24-21-18-15-12-9-6-3)68-62(65)56-53-50-47-44-41-38-34-29-26-23-20-17-14-11-8-5-2/h7-12,15-21,24-29,31-33,37-38,40-41,46,49,59H,4-6,13-14,22-23,30,34-36,39,42-45,47-48,50-58H2,1-3H3/b10-7-,11-8-,12-9-,18-15-,19-16-,20-17-,24-21-,28-25-,29-26-,32-31-,33-27-,40-37-,41-38-,49-46-. The number of hydrogen-bond donors (Lipinski definition) is 0. The van der Waals surface area contributed by atoms with Gasteiger partial charge in [-0.05, 0) is 116 Å². The molecule has 0 aromatic rings. The second-order valence-electron chi connectivity index (χ2n) is 16.4. The highest BCUT2D eigenvalue weighted by molar-refractivity contribution is 5.71. The Morgan fingerprint density at radius 2 is 0.632 bits per heavy atom. The number of unbranched alkanes of at least 4 members (excludes halogenated alkanes) is 8. The van der Waals surface area contributed by atoms with Gasteiger partial charge in [0, 0.05) is 19.3 Å². The van der Waals surface area contributed by atoms with Gasteiger partial charge in [-0.15, -0.1) is 0 Å². The molecule has 0 bridgehead atoms. The molecule has 1 atom stereocenters. The minimum Gasteiger partial charge on any atom is -0.462 e. The Bertz CT molecular complexity index is 1640. The lowest BCUT2D eigenvalue weighted by Gasteiger charge is -2.18. The molecule has 0 spiro atoms. The largest absolute Gasteiger partial charge is 0.462 e. The zero-order valence-electron chi connectivity index (χ0n) is 42.8. The van der Waals surface area contributed by atoms with E-state index in [2.05, 4.69) is 154 Å². The van der Waals surface area contributed by atoms with E-state index in [9.17, 15) is 14.4 Å². The summed E-state index contributed by atoms with van der Waals surface area (Å²) in [5.74, 6) is -1.09. The van der Waals surface area contributed by atoms with Gasteiger partial charge in [0.1, 0.15) is 13.2 Å². The third kappa shape index (κ3) is 51.7. The minimum absolute atomic E-state index is 0.136. The van der Waals surface area contributed by atoms with E-state index in [4.69, 9.17) is 14.2 Å². The summed E-state index contributed by atoms with van der Waals surface area (Å²) in [6, 6.07) is 0. The fourth-order valence-electron chi connectivity index (χ4n) is 6.23. The first-order chi connectivity index (χ1) is 33.5. The van der Waals surface area contributed by atoms with E-state index in [0.717, 1.165) is 128 Å². The summed E-state index contributed by atoms with van der Waals surface area (Å²) in [5, 5.41) is 0. The zero-order chi connectivity index (χ0) is 49.3. The van der Waals surface area contributed by atoms with Crippen LogP contribution in [0.2, 0.25) is 0 Å². The lowest BCUT2D eigenvalue weighted by Crippen LogP contribution is -2.30. The van der Waals surface area contributed by atoms with Crippen LogP contribution in [-0.2, 0) is 28.6 Å². The SMILES string of the molecule is CC\C=C/C=C\C=C/C=C\CCCCCCCC(=O)OCC(COC(=O)CC/C=C\C/C=C\C/C=C\C/C=C\C/C=C\C/C=C\CC)OC(=O)CCCCC/C=C\C/C=C\C/C=C\C/C=C\CC. The second-order valence-corrected chi connectivity index (χ2v) is 16.4. The highest BCUT2D eigenvalue weighted by atomic mass is 16.6. The van der Waals surface area contributed by atoms with Gasteiger partial charge in [0.25, 0.3) is 0 Å². The summed E-state index contributed by atoms with van der Waals surface area (Å²) in [6.07, 6.45) is 80.6. The van der Waals surface area contributed by atoms with Crippen molar-refractivity contribution >= 4 is 17.9 Å². The quantitative estimate of drug-likeness (QED) is 0.0199. The van der Waals surface area contributed by atoms with E-state index < -0.39 is 6.10 Å². The number of ether oxygens (including phenoxy) is 3. The predicted octanol–water partition coefficient (Wildman–Crippen LogP) is 17.6. The fourth-order valence-corrected chi connectivity index (χ4v) is 6.23. The highest BCUT2D eigenvalue weighted by Crippen LogP contribution is 2.11. The summed E-state index contributed by atoms with van der Waals surface area (Å²) < 4.78 is 16.7. The Morgan fingerprint density at radius 1 is 0.309 bits per heavy atom. The monoisotopic (exact) mass is 933 g/mol. The molecule has 6 nitrogen and oxygen atoms in total. The van der Waals surface area contributed by atoms with Crippen LogP contribution in [0.15, 0.2) is 170 Å². The van der Waals surface area contributed by atoms with Gasteiger partial charge in [-0.2, -0.15) is 0 Å². The van der Waals surface area contributed by atoms with Crippen LogP contribution in [0.4, 0.5) is 0 Å². The molecule has 0 rings (SSSR count). The van der Waals surface area contributed by atoms with Crippen LogP contribution in [0.3, 0.4) is 0 Å². The van der Waals surface area contributed by atoms with Crippen LogP contribution in [-0.4, -0.2) is 37.2 Å². The van der Waals surface area contributed by atoms with Gasteiger partial charge in [-0.25, -0.2) is 0 Å². The van der Waals surface area contributed by atoms with E-state index in [1.54, 1.807) is 0 Å². The average Bonchev–Trinajstić information content (AvgIpc) is 3.34. The number of carbonyl (C=O) groups is 3. The van der Waals surface area contributed by atoms with Crippen LogP contribution in [0.1, 0.15) is 181 Å². The van der Waals surface area contributed by atoms with Crippen molar-refractivity contribution in [3.05, 3.63) is 170 Å². The summed E-state index contributed by atoms with van der Waals surface area (Å²) >= 11 is 0. The van der Waals surface area contributed by atoms with Crippen LogP contribution in [0.25, 0.3) is 0 Å². The lowest BCUT2D eigenvalue weighted by atomic mass is 10.1. The van der Waals surface area contributed by atoms with Gasteiger partial charge in [0.05, 0.1) is 0 Å². The van der Waals surface area contributed by atoms with Crippen LogP contribution < -0.4 is 0 Å². The second kappa shape index (κ2) is 54.4. The van der Waals surface area contributed by atoms with Crippen molar-refractivity contribution in [3.63, 3.8) is 0 Å². The molecule has 0 aliphatic rings. The molecule has 68 heavy (non-hydrogen) atoms. The molecule has 0 aliphatic carbocycles. The number of carbonyl (C=O) groups excluding carboxylic acids is 3. The van der Waals surface area contributed by atoms with E-state index in [1.807, 2.05) is 36.5 Å².